The van der Waals surface area contributed by atoms with Crippen LogP contribution >= 0.6 is 0 Å². The summed E-state index contributed by atoms with van der Waals surface area (Å²) in [7, 11) is 0. The fourth-order valence-corrected chi connectivity index (χ4v) is 2.80. The second-order valence-electron chi connectivity index (χ2n) is 5.40. The van der Waals surface area contributed by atoms with Crippen molar-refractivity contribution in [2.24, 2.45) is 0 Å². The second-order valence-corrected chi connectivity index (χ2v) is 5.40. The molecule has 20 heavy (non-hydrogen) atoms. The van der Waals surface area contributed by atoms with E-state index in [1.165, 1.54) is 19.3 Å². The molecule has 5 nitrogen and oxygen atoms in total. The van der Waals surface area contributed by atoms with E-state index in [0.29, 0.717) is 17.7 Å². The van der Waals surface area contributed by atoms with Crippen LogP contribution in [0.1, 0.15) is 49.4 Å². The third kappa shape index (κ3) is 2.61. The van der Waals surface area contributed by atoms with Gasteiger partial charge in [-0.05, 0) is 31.4 Å². The first-order valence-electron chi connectivity index (χ1n) is 7.16. The van der Waals surface area contributed by atoms with Crippen molar-refractivity contribution < 1.29 is 0 Å². The first-order valence-corrected chi connectivity index (χ1v) is 7.16. The summed E-state index contributed by atoms with van der Waals surface area (Å²) < 4.78 is 0. The minimum Gasteiger partial charge on any atom is -0.368 e. The molecule has 104 valence electrons. The third-order valence-corrected chi connectivity index (χ3v) is 3.90. The summed E-state index contributed by atoms with van der Waals surface area (Å²) in [6.45, 7) is 2.00. The number of aromatic nitrogens is 4. The van der Waals surface area contributed by atoms with Gasteiger partial charge in [0.25, 0.3) is 0 Å². The van der Waals surface area contributed by atoms with Crippen molar-refractivity contribution >= 4 is 5.95 Å². The molecule has 3 rings (SSSR count). The summed E-state index contributed by atoms with van der Waals surface area (Å²) in [5.41, 5.74) is 7.90. The highest BCUT2D eigenvalue weighted by Crippen LogP contribution is 2.31. The molecule has 0 radical (unpaired) electrons. The largest absolute Gasteiger partial charge is 0.368 e. The lowest BCUT2D eigenvalue weighted by molar-refractivity contribution is 0.428. The molecule has 2 heterocycles. The van der Waals surface area contributed by atoms with Gasteiger partial charge in [-0.1, -0.05) is 19.3 Å². The number of hydrogen-bond acceptors (Lipinski definition) is 5. The molecule has 0 aromatic carbocycles. The molecule has 2 N–H and O–H groups in total. The van der Waals surface area contributed by atoms with Gasteiger partial charge in [-0.3, -0.25) is 4.98 Å². The number of nitrogen functional groups attached to an aromatic ring is 1. The molecule has 1 saturated carbocycles. The van der Waals surface area contributed by atoms with E-state index in [1.807, 2.05) is 19.2 Å². The Kier molecular flexibility index (Phi) is 3.58. The van der Waals surface area contributed by atoms with Crippen LogP contribution in [0.3, 0.4) is 0 Å². The van der Waals surface area contributed by atoms with Crippen molar-refractivity contribution in [3.63, 3.8) is 0 Å². The average molecular weight is 269 g/mol. The Morgan fingerprint density at radius 3 is 2.65 bits per heavy atom. The van der Waals surface area contributed by atoms with E-state index in [4.69, 9.17) is 5.73 Å². The number of pyridine rings is 1. The van der Waals surface area contributed by atoms with E-state index in [9.17, 15) is 0 Å². The van der Waals surface area contributed by atoms with Crippen LogP contribution in [0.2, 0.25) is 0 Å². The van der Waals surface area contributed by atoms with Gasteiger partial charge >= 0.3 is 0 Å². The normalized spacial score (nSPS) is 16.2. The van der Waals surface area contributed by atoms with Crippen molar-refractivity contribution in [1.82, 2.24) is 19.9 Å². The Bertz CT molecular complexity index is 605. The molecule has 1 fully saturated rings. The van der Waals surface area contributed by atoms with Crippen molar-refractivity contribution in [2.75, 3.05) is 5.73 Å². The fourth-order valence-electron chi connectivity index (χ4n) is 2.80. The minimum atomic E-state index is 0.312. The molecule has 5 heteroatoms. The van der Waals surface area contributed by atoms with Crippen molar-refractivity contribution in [2.45, 2.75) is 44.9 Å². The summed E-state index contributed by atoms with van der Waals surface area (Å²) in [4.78, 5) is 17.4. The number of nitrogens with two attached hydrogens (primary N) is 1. The van der Waals surface area contributed by atoms with Crippen LogP contribution in [0.25, 0.3) is 11.4 Å². The maximum absolute atomic E-state index is 5.88. The maximum Gasteiger partial charge on any atom is 0.223 e. The predicted molar refractivity (Wildman–Crippen MR) is 78.0 cm³/mol. The minimum absolute atomic E-state index is 0.312. The van der Waals surface area contributed by atoms with E-state index < -0.39 is 0 Å². The number of rotatable bonds is 2. The van der Waals surface area contributed by atoms with Crippen LogP contribution in [0, 0.1) is 6.92 Å². The van der Waals surface area contributed by atoms with Crippen molar-refractivity contribution in [3.8, 4) is 11.4 Å². The van der Waals surface area contributed by atoms with Crippen LogP contribution in [0.5, 0.6) is 0 Å². The summed E-state index contributed by atoms with van der Waals surface area (Å²) in [5, 5.41) is 0. The highest BCUT2D eigenvalue weighted by Gasteiger charge is 2.20. The van der Waals surface area contributed by atoms with Gasteiger partial charge in [-0.2, -0.15) is 9.97 Å². The van der Waals surface area contributed by atoms with Crippen LogP contribution in [0.4, 0.5) is 5.95 Å². The van der Waals surface area contributed by atoms with Crippen LogP contribution < -0.4 is 5.73 Å². The molecule has 1 aliphatic rings. The molecule has 2 aromatic rings. The van der Waals surface area contributed by atoms with Crippen LogP contribution in [-0.2, 0) is 0 Å². The topological polar surface area (TPSA) is 77.6 Å². The molecule has 0 atom stereocenters. The summed E-state index contributed by atoms with van der Waals surface area (Å²) in [5.74, 6) is 2.25. The zero-order valence-corrected chi connectivity index (χ0v) is 11.7. The van der Waals surface area contributed by atoms with Crippen LogP contribution in [0.15, 0.2) is 18.5 Å². The van der Waals surface area contributed by atoms with E-state index in [2.05, 4.69) is 19.9 Å². The molecule has 0 spiro atoms. The standard InChI is InChI=1S/C15H19N5/c1-10-9-17-8-7-12(10)14-18-13(19-15(16)20-14)11-5-3-2-4-6-11/h7-9,11H,2-6H2,1H3,(H2,16,18,19,20). The number of anilines is 1. The third-order valence-electron chi connectivity index (χ3n) is 3.90. The first kappa shape index (κ1) is 13.0. The Morgan fingerprint density at radius 1 is 1.10 bits per heavy atom. The molecule has 0 saturated heterocycles. The number of nitrogens with zero attached hydrogens (tertiary/aromatic N) is 4. The number of hydrogen-bond donors (Lipinski definition) is 1. The average Bonchev–Trinajstić information content (AvgIpc) is 2.48. The molecule has 1 aliphatic carbocycles. The quantitative estimate of drug-likeness (QED) is 0.907. The highest BCUT2D eigenvalue weighted by molar-refractivity contribution is 5.59. The summed E-state index contributed by atoms with van der Waals surface area (Å²) in [6.07, 6.45) is 9.68. The molecule has 0 aliphatic heterocycles. The van der Waals surface area contributed by atoms with Gasteiger partial charge in [0, 0.05) is 23.9 Å². The SMILES string of the molecule is Cc1cnccc1-c1nc(N)nc(C2CCCCC2)n1. The van der Waals surface area contributed by atoms with Gasteiger partial charge in [0.1, 0.15) is 5.82 Å². The Hall–Kier alpha value is -2.04. The smallest absolute Gasteiger partial charge is 0.223 e. The zero-order chi connectivity index (χ0) is 13.9. The molecule has 0 amide bonds. The van der Waals surface area contributed by atoms with Gasteiger partial charge < -0.3 is 5.73 Å². The van der Waals surface area contributed by atoms with E-state index in [-0.39, 0.29) is 0 Å². The second kappa shape index (κ2) is 5.53. The Balaban J connectivity index is 2.00. The fraction of sp³-hybridized carbons (Fsp3) is 0.467. The first-order chi connectivity index (χ1) is 9.74. The van der Waals surface area contributed by atoms with Gasteiger partial charge in [-0.25, -0.2) is 4.98 Å². The molecule has 0 unspecified atom stereocenters. The lowest BCUT2D eigenvalue weighted by Crippen LogP contribution is -2.12. The summed E-state index contributed by atoms with van der Waals surface area (Å²) >= 11 is 0. The molecular weight excluding hydrogens is 250 g/mol. The molecular formula is C15H19N5. The highest BCUT2D eigenvalue weighted by atomic mass is 15.1. The van der Waals surface area contributed by atoms with Gasteiger partial charge in [-0.15, -0.1) is 0 Å². The number of aryl methyl sites for hydroxylation is 1. The molecule has 0 bridgehead atoms. The maximum atomic E-state index is 5.88. The van der Waals surface area contributed by atoms with E-state index >= 15 is 0 Å². The zero-order valence-electron chi connectivity index (χ0n) is 11.7. The molecule has 2 aromatic heterocycles. The van der Waals surface area contributed by atoms with E-state index in [1.54, 1.807) is 6.20 Å². The lowest BCUT2D eigenvalue weighted by atomic mass is 9.89. The summed E-state index contributed by atoms with van der Waals surface area (Å²) in [6, 6.07) is 1.93. The Labute approximate surface area is 118 Å². The Morgan fingerprint density at radius 2 is 1.90 bits per heavy atom. The van der Waals surface area contributed by atoms with Crippen molar-refractivity contribution in [3.05, 3.63) is 29.8 Å². The van der Waals surface area contributed by atoms with Gasteiger partial charge in [0.2, 0.25) is 5.95 Å². The van der Waals surface area contributed by atoms with Gasteiger partial charge in [0.05, 0.1) is 0 Å². The lowest BCUT2D eigenvalue weighted by Gasteiger charge is -2.20. The van der Waals surface area contributed by atoms with Gasteiger partial charge in [0.15, 0.2) is 5.82 Å². The predicted octanol–water partition coefficient (Wildman–Crippen LogP) is 2.87. The van der Waals surface area contributed by atoms with Crippen molar-refractivity contribution in [1.29, 1.82) is 0 Å². The van der Waals surface area contributed by atoms with Crippen LogP contribution in [-0.4, -0.2) is 19.9 Å². The monoisotopic (exact) mass is 269 g/mol. The van der Waals surface area contributed by atoms with E-state index in [0.717, 1.165) is 29.8 Å².